The van der Waals surface area contributed by atoms with Crippen molar-refractivity contribution >= 4 is 18.0 Å². The molecule has 0 aliphatic heterocycles. The van der Waals surface area contributed by atoms with E-state index in [1.807, 2.05) is 29.0 Å². The van der Waals surface area contributed by atoms with E-state index in [0.29, 0.717) is 29.6 Å². The molecule has 134 valence electrons. The first-order valence-corrected chi connectivity index (χ1v) is 7.75. The minimum Gasteiger partial charge on any atom is -0.493 e. The van der Waals surface area contributed by atoms with Crippen LogP contribution in [0.5, 0.6) is 11.5 Å². The Bertz CT molecular complexity index is 942. The van der Waals surface area contributed by atoms with Gasteiger partial charge in [0.1, 0.15) is 16.5 Å². The summed E-state index contributed by atoms with van der Waals surface area (Å²) in [6.07, 6.45) is 6.91. The van der Waals surface area contributed by atoms with Crippen molar-refractivity contribution in [2.24, 2.45) is 0 Å². The van der Waals surface area contributed by atoms with Gasteiger partial charge in [0.25, 0.3) is 0 Å². The standard InChI is InChI=1S/C18H17N3O5/c1-24-15-6-3-13(11-16(15)25-2)12-20-10-9-19-17(20)7-4-14-5-8-18(26-14)21(22)23/h3-11H,12H2,1-2H3/b7-4+. The first-order chi connectivity index (χ1) is 12.6. The summed E-state index contributed by atoms with van der Waals surface area (Å²) >= 11 is 0. The zero-order valence-electron chi connectivity index (χ0n) is 14.3. The Morgan fingerprint density at radius 1 is 1.19 bits per heavy atom. The Hall–Kier alpha value is -3.55. The quantitative estimate of drug-likeness (QED) is 0.475. The third-order valence-electron chi connectivity index (χ3n) is 3.74. The van der Waals surface area contributed by atoms with Crippen LogP contribution in [0.1, 0.15) is 17.1 Å². The van der Waals surface area contributed by atoms with E-state index < -0.39 is 4.92 Å². The number of imidazole rings is 1. The largest absolute Gasteiger partial charge is 0.493 e. The molecule has 3 rings (SSSR count). The van der Waals surface area contributed by atoms with Gasteiger partial charge in [-0.3, -0.25) is 10.1 Å². The Kier molecular flexibility index (Phi) is 5.02. The molecular weight excluding hydrogens is 338 g/mol. The van der Waals surface area contributed by atoms with E-state index in [9.17, 15) is 10.1 Å². The fourth-order valence-electron chi connectivity index (χ4n) is 2.48. The van der Waals surface area contributed by atoms with E-state index >= 15 is 0 Å². The molecule has 0 saturated carbocycles. The summed E-state index contributed by atoms with van der Waals surface area (Å²) in [7, 11) is 3.19. The summed E-state index contributed by atoms with van der Waals surface area (Å²) in [5.74, 6) is 2.11. The number of benzene rings is 1. The highest BCUT2D eigenvalue weighted by molar-refractivity contribution is 5.64. The first-order valence-electron chi connectivity index (χ1n) is 7.75. The Morgan fingerprint density at radius 3 is 2.69 bits per heavy atom. The van der Waals surface area contributed by atoms with Crippen LogP contribution < -0.4 is 9.47 Å². The monoisotopic (exact) mass is 355 g/mol. The molecule has 0 amide bonds. The molecule has 0 aliphatic rings. The number of nitro groups is 1. The third kappa shape index (κ3) is 3.75. The molecule has 1 aromatic carbocycles. The Morgan fingerprint density at radius 2 is 2.00 bits per heavy atom. The number of rotatable bonds is 7. The molecule has 2 heterocycles. The van der Waals surface area contributed by atoms with E-state index in [-0.39, 0.29) is 5.88 Å². The normalized spacial score (nSPS) is 11.0. The molecule has 2 aromatic heterocycles. The number of ether oxygens (including phenoxy) is 2. The van der Waals surface area contributed by atoms with E-state index in [1.165, 1.54) is 12.1 Å². The number of aromatic nitrogens is 2. The van der Waals surface area contributed by atoms with Gasteiger partial charge in [0.05, 0.1) is 20.3 Å². The maximum absolute atomic E-state index is 10.7. The molecule has 0 N–H and O–H groups in total. The number of hydrogen-bond acceptors (Lipinski definition) is 6. The van der Waals surface area contributed by atoms with Crippen molar-refractivity contribution in [2.75, 3.05) is 14.2 Å². The predicted octanol–water partition coefficient (Wildman–Crippen LogP) is 3.62. The van der Waals surface area contributed by atoms with Gasteiger partial charge in [-0.15, -0.1) is 0 Å². The lowest BCUT2D eigenvalue weighted by atomic mass is 10.2. The summed E-state index contributed by atoms with van der Waals surface area (Å²) in [6, 6.07) is 8.56. The summed E-state index contributed by atoms with van der Waals surface area (Å²) in [6.45, 7) is 0.582. The maximum atomic E-state index is 10.7. The maximum Gasteiger partial charge on any atom is 0.433 e. The van der Waals surface area contributed by atoms with Crippen LogP contribution in [0.25, 0.3) is 12.2 Å². The summed E-state index contributed by atoms with van der Waals surface area (Å²) in [5.41, 5.74) is 1.02. The van der Waals surface area contributed by atoms with Crippen LogP contribution in [0.3, 0.4) is 0 Å². The van der Waals surface area contributed by atoms with Gasteiger partial charge in [-0.25, -0.2) is 4.98 Å². The van der Waals surface area contributed by atoms with Crippen LogP contribution >= 0.6 is 0 Å². The number of hydrogen-bond donors (Lipinski definition) is 0. The molecule has 0 saturated heterocycles. The average Bonchev–Trinajstić information content (AvgIpc) is 3.29. The van der Waals surface area contributed by atoms with Gasteiger partial charge in [-0.05, 0) is 35.9 Å². The lowest BCUT2D eigenvalue weighted by Crippen LogP contribution is -2.01. The van der Waals surface area contributed by atoms with Gasteiger partial charge in [-0.2, -0.15) is 0 Å². The smallest absolute Gasteiger partial charge is 0.433 e. The number of nitrogens with zero attached hydrogens (tertiary/aromatic N) is 3. The zero-order chi connectivity index (χ0) is 18.5. The van der Waals surface area contributed by atoms with E-state index in [0.717, 1.165) is 5.56 Å². The fraction of sp³-hybridized carbons (Fsp3) is 0.167. The van der Waals surface area contributed by atoms with Crippen molar-refractivity contribution in [1.82, 2.24) is 9.55 Å². The lowest BCUT2D eigenvalue weighted by Gasteiger charge is -2.10. The molecule has 0 spiro atoms. The molecule has 0 bridgehead atoms. The zero-order valence-corrected chi connectivity index (χ0v) is 14.3. The van der Waals surface area contributed by atoms with Crippen molar-refractivity contribution in [3.63, 3.8) is 0 Å². The molecule has 8 heteroatoms. The Balaban J connectivity index is 1.78. The van der Waals surface area contributed by atoms with Crippen LogP contribution in [-0.4, -0.2) is 28.7 Å². The van der Waals surface area contributed by atoms with Crippen molar-refractivity contribution < 1.29 is 18.8 Å². The molecule has 0 fully saturated rings. The van der Waals surface area contributed by atoms with Crippen molar-refractivity contribution in [3.05, 3.63) is 70.0 Å². The second kappa shape index (κ2) is 7.56. The summed E-state index contributed by atoms with van der Waals surface area (Å²) < 4.78 is 17.6. The van der Waals surface area contributed by atoms with Crippen molar-refractivity contribution in [2.45, 2.75) is 6.54 Å². The molecule has 8 nitrogen and oxygen atoms in total. The van der Waals surface area contributed by atoms with Crippen LogP contribution in [0.15, 0.2) is 47.1 Å². The molecule has 0 radical (unpaired) electrons. The molecule has 0 atom stereocenters. The molecule has 26 heavy (non-hydrogen) atoms. The number of furan rings is 1. The topological polar surface area (TPSA) is 92.6 Å². The van der Waals surface area contributed by atoms with E-state index in [1.54, 1.807) is 32.6 Å². The minimum absolute atomic E-state index is 0.293. The van der Waals surface area contributed by atoms with E-state index in [2.05, 4.69) is 4.98 Å². The average molecular weight is 355 g/mol. The molecule has 0 aliphatic carbocycles. The van der Waals surface area contributed by atoms with Crippen molar-refractivity contribution in [3.8, 4) is 11.5 Å². The predicted molar refractivity (Wildman–Crippen MR) is 95.2 cm³/mol. The van der Waals surface area contributed by atoms with Gasteiger partial charge in [0, 0.05) is 18.9 Å². The second-order valence-electron chi connectivity index (χ2n) is 5.37. The highest BCUT2D eigenvalue weighted by Gasteiger charge is 2.10. The van der Waals surface area contributed by atoms with Gasteiger partial charge in [-0.1, -0.05) is 6.07 Å². The van der Waals surface area contributed by atoms with Crippen LogP contribution in [0.2, 0.25) is 0 Å². The van der Waals surface area contributed by atoms with E-state index in [4.69, 9.17) is 13.9 Å². The van der Waals surface area contributed by atoms with Crippen LogP contribution in [0, 0.1) is 10.1 Å². The minimum atomic E-state index is -0.574. The number of methoxy groups -OCH3 is 2. The van der Waals surface area contributed by atoms with Gasteiger partial charge in [0.15, 0.2) is 11.5 Å². The van der Waals surface area contributed by atoms with Crippen molar-refractivity contribution in [1.29, 1.82) is 0 Å². The summed E-state index contributed by atoms with van der Waals surface area (Å²) in [4.78, 5) is 14.4. The molecule has 0 unspecified atom stereocenters. The molecule has 3 aromatic rings. The highest BCUT2D eigenvalue weighted by Crippen LogP contribution is 2.28. The Labute approximate surface area is 149 Å². The summed E-state index contributed by atoms with van der Waals surface area (Å²) in [5, 5.41) is 10.7. The lowest BCUT2D eigenvalue weighted by molar-refractivity contribution is -0.402. The first kappa shape index (κ1) is 17.3. The van der Waals surface area contributed by atoms with Gasteiger partial charge < -0.3 is 18.5 Å². The second-order valence-corrected chi connectivity index (χ2v) is 5.37. The fourth-order valence-corrected chi connectivity index (χ4v) is 2.48. The van der Waals surface area contributed by atoms with Crippen LogP contribution in [-0.2, 0) is 6.54 Å². The van der Waals surface area contributed by atoms with Crippen LogP contribution in [0.4, 0.5) is 5.88 Å². The van der Waals surface area contributed by atoms with Gasteiger partial charge in [0.2, 0.25) is 0 Å². The third-order valence-corrected chi connectivity index (χ3v) is 3.74. The SMILES string of the molecule is COc1ccc(Cn2ccnc2/C=C/c2ccc([N+](=O)[O-])o2)cc1OC. The van der Waals surface area contributed by atoms with Gasteiger partial charge >= 0.3 is 5.88 Å². The molecular formula is C18H17N3O5. The highest BCUT2D eigenvalue weighted by atomic mass is 16.6.